The normalized spacial score (nSPS) is 18.0. The predicted molar refractivity (Wildman–Crippen MR) is 90.8 cm³/mol. The Labute approximate surface area is 155 Å². The van der Waals surface area contributed by atoms with E-state index in [9.17, 15) is 19.2 Å². The fourth-order valence-electron chi connectivity index (χ4n) is 3.27. The van der Waals surface area contributed by atoms with Crippen molar-refractivity contribution in [3.8, 4) is 6.07 Å². The van der Waals surface area contributed by atoms with E-state index in [1.165, 1.54) is 24.3 Å². The molecule has 0 bridgehead atoms. The molecule has 2 N–H and O–H groups in total. The van der Waals surface area contributed by atoms with E-state index < -0.39 is 36.0 Å². The Balaban J connectivity index is 1.54. The van der Waals surface area contributed by atoms with Crippen LogP contribution in [0, 0.1) is 11.3 Å². The van der Waals surface area contributed by atoms with Gasteiger partial charge in [0.25, 0.3) is 11.8 Å². The zero-order valence-electron chi connectivity index (χ0n) is 14.5. The van der Waals surface area contributed by atoms with Gasteiger partial charge in [-0.2, -0.15) is 10.3 Å². The van der Waals surface area contributed by atoms with Crippen LogP contribution in [0.5, 0.6) is 0 Å². The van der Waals surface area contributed by atoms with Crippen LogP contribution < -0.4 is 10.7 Å². The molecule has 1 saturated carbocycles. The lowest BCUT2D eigenvalue weighted by atomic mass is 9.82. The molecule has 4 amide bonds. The number of nitriles is 1. The molecular formula is C18H18N4O5. The molecule has 0 unspecified atom stereocenters. The van der Waals surface area contributed by atoms with Crippen molar-refractivity contribution in [2.24, 2.45) is 0 Å². The maximum Gasteiger partial charge on any atom is 0.344 e. The number of nitrogens with one attached hydrogen (secondary N) is 2. The number of rotatable bonds is 4. The Morgan fingerprint density at radius 1 is 1.19 bits per heavy atom. The van der Waals surface area contributed by atoms with Crippen LogP contribution in [0.3, 0.4) is 0 Å². The topological polar surface area (TPSA) is 129 Å². The Morgan fingerprint density at radius 3 is 2.48 bits per heavy atom. The van der Waals surface area contributed by atoms with Crippen LogP contribution in [0.1, 0.15) is 48.0 Å². The van der Waals surface area contributed by atoms with Crippen LogP contribution in [-0.4, -0.2) is 41.0 Å². The summed E-state index contributed by atoms with van der Waals surface area (Å²) in [7, 11) is 0. The molecule has 9 nitrogen and oxygen atoms in total. The first-order chi connectivity index (χ1) is 12.9. The standard InChI is InChI=1S/C18H18N4O5/c19-10-12-4-6-13(7-5-12)15(24)27-11-14(23)21-22-16(25)18(20-17(22)26)8-2-1-3-9-18/h4-7H,1-3,8-9,11H2,(H,20,26)(H,21,23). The minimum absolute atomic E-state index is 0.179. The van der Waals surface area contributed by atoms with Crippen molar-refractivity contribution in [1.82, 2.24) is 15.8 Å². The second-order valence-electron chi connectivity index (χ2n) is 6.51. The van der Waals surface area contributed by atoms with E-state index in [4.69, 9.17) is 10.00 Å². The van der Waals surface area contributed by atoms with Crippen LogP contribution in [0.4, 0.5) is 4.79 Å². The molecule has 3 rings (SSSR count). The van der Waals surface area contributed by atoms with Gasteiger partial charge in [-0.25, -0.2) is 9.59 Å². The van der Waals surface area contributed by atoms with E-state index in [0.717, 1.165) is 19.3 Å². The Kier molecular flexibility index (Phi) is 5.07. The summed E-state index contributed by atoms with van der Waals surface area (Å²) in [5, 5.41) is 12.1. The fraction of sp³-hybridized carbons (Fsp3) is 0.389. The Hall–Kier alpha value is -3.41. The predicted octanol–water partition coefficient (Wildman–Crippen LogP) is 1.00. The molecule has 1 aromatic carbocycles. The van der Waals surface area contributed by atoms with Crippen LogP contribution in [-0.2, 0) is 14.3 Å². The van der Waals surface area contributed by atoms with Crippen molar-refractivity contribution in [1.29, 1.82) is 5.26 Å². The zero-order chi connectivity index (χ0) is 19.4. The van der Waals surface area contributed by atoms with Gasteiger partial charge in [0.05, 0.1) is 17.2 Å². The second-order valence-corrected chi connectivity index (χ2v) is 6.51. The quantitative estimate of drug-likeness (QED) is 0.601. The number of amides is 4. The first kappa shape index (κ1) is 18.4. The van der Waals surface area contributed by atoms with Crippen molar-refractivity contribution >= 4 is 23.8 Å². The van der Waals surface area contributed by atoms with Gasteiger partial charge < -0.3 is 10.1 Å². The molecule has 0 aromatic heterocycles. The summed E-state index contributed by atoms with van der Waals surface area (Å²) in [5.74, 6) is -2.04. The average molecular weight is 370 g/mol. The van der Waals surface area contributed by atoms with Gasteiger partial charge >= 0.3 is 12.0 Å². The number of benzene rings is 1. The monoisotopic (exact) mass is 370 g/mol. The molecular weight excluding hydrogens is 352 g/mol. The number of ether oxygens (including phenoxy) is 1. The van der Waals surface area contributed by atoms with E-state index >= 15 is 0 Å². The number of imide groups is 1. The van der Waals surface area contributed by atoms with E-state index in [0.29, 0.717) is 23.4 Å². The van der Waals surface area contributed by atoms with E-state index in [-0.39, 0.29) is 5.56 Å². The molecule has 9 heteroatoms. The van der Waals surface area contributed by atoms with Crippen molar-refractivity contribution < 1.29 is 23.9 Å². The number of esters is 1. The molecule has 1 saturated heterocycles. The maximum absolute atomic E-state index is 12.5. The van der Waals surface area contributed by atoms with Gasteiger partial charge in [-0.1, -0.05) is 19.3 Å². The minimum atomic E-state index is -0.943. The second kappa shape index (κ2) is 7.45. The SMILES string of the molecule is N#Cc1ccc(C(=O)OCC(=O)NN2C(=O)NC3(CCCCC3)C2=O)cc1. The van der Waals surface area contributed by atoms with Crippen molar-refractivity contribution in [2.45, 2.75) is 37.6 Å². The summed E-state index contributed by atoms with van der Waals surface area (Å²) in [4.78, 5) is 48.5. The fourth-order valence-corrected chi connectivity index (χ4v) is 3.27. The zero-order valence-corrected chi connectivity index (χ0v) is 14.5. The molecule has 2 fully saturated rings. The number of hydrogen-bond acceptors (Lipinski definition) is 6. The highest BCUT2D eigenvalue weighted by molar-refractivity contribution is 6.08. The maximum atomic E-state index is 12.5. The van der Waals surface area contributed by atoms with Gasteiger partial charge in [-0.15, -0.1) is 0 Å². The van der Waals surface area contributed by atoms with Gasteiger partial charge in [0, 0.05) is 0 Å². The Morgan fingerprint density at radius 2 is 1.85 bits per heavy atom. The molecule has 0 radical (unpaired) electrons. The molecule has 1 spiro atoms. The van der Waals surface area contributed by atoms with Crippen LogP contribution in [0.15, 0.2) is 24.3 Å². The van der Waals surface area contributed by atoms with Crippen LogP contribution >= 0.6 is 0 Å². The molecule has 140 valence electrons. The average Bonchev–Trinajstić information content (AvgIpc) is 2.90. The number of hydrogen-bond donors (Lipinski definition) is 2. The summed E-state index contributed by atoms with van der Waals surface area (Å²) in [6, 6.07) is 6.95. The first-order valence-corrected chi connectivity index (χ1v) is 8.59. The molecule has 1 heterocycles. The number of carbonyl (C=O) groups excluding carboxylic acids is 4. The third-order valence-electron chi connectivity index (χ3n) is 4.69. The van der Waals surface area contributed by atoms with E-state index in [2.05, 4.69) is 10.7 Å². The van der Waals surface area contributed by atoms with Gasteiger partial charge in [0.1, 0.15) is 5.54 Å². The van der Waals surface area contributed by atoms with Crippen molar-refractivity contribution in [3.05, 3.63) is 35.4 Å². The Bertz CT molecular complexity index is 821. The number of carbonyl (C=O) groups is 4. The third kappa shape index (κ3) is 3.74. The summed E-state index contributed by atoms with van der Waals surface area (Å²) in [6.07, 6.45) is 3.74. The molecule has 0 atom stereocenters. The van der Waals surface area contributed by atoms with Gasteiger partial charge in [0.15, 0.2) is 6.61 Å². The number of urea groups is 1. The highest BCUT2D eigenvalue weighted by Crippen LogP contribution is 2.32. The lowest BCUT2D eigenvalue weighted by Gasteiger charge is -2.30. The van der Waals surface area contributed by atoms with E-state index in [1.807, 2.05) is 6.07 Å². The lowest BCUT2D eigenvalue weighted by Crippen LogP contribution is -2.51. The smallest absolute Gasteiger partial charge is 0.344 e. The first-order valence-electron chi connectivity index (χ1n) is 8.59. The van der Waals surface area contributed by atoms with Crippen LogP contribution in [0.25, 0.3) is 0 Å². The highest BCUT2D eigenvalue weighted by Gasteiger charge is 2.52. The van der Waals surface area contributed by atoms with Crippen molar-refractivity contribution in [3.63, 3.8) is 0 Å². The largest absolute Gasteiger partial charge is 0.452 e. The summed E-state index contributed by atoms with van der Waals surface area (Å²) in [5.41, 5.74) is 1.81. The molecule has 2 aliphatic rings. The number of hydrazine groups is 1. The van der Waals surface area contributed by atoms with E-state index in [1.54, 1.807) is 0 Å². The number of nitrogens with zero attached hydrogens (tertiary/aromatic N) is 2. The van der Waals surface area contributed by atoms with Crippen LogP contribution in [0.2, 0.25) is 0 Å². The summed E-state index contributed by atoms with van der Waals surface area (Å²) >= 11 is 0. The molecule has 1 aromatic rings. The minimum Gasteiger partial charge on any atom is -0.452 e. The summed E-state index contributed by atoms with van der Waals surface area (Å²) < 4.78 is 4.88. The van der Waals surface area contributed by atoms with Crippen molar-refractivity contribution in [2.75, 3.05) is 6.61 Å². The summed E-state index contributed by atoms with van der Waals surface area (Å²) in [6.45, 7) is -0.650. The van der Waals surface area contributed by atoms with Gasteiger partial charge in [-0.3, -0.25) is 15.0 Å². The third-order valence-corrected chi connectivity index (χ3v) is 4.69. The lowest BCUT2D eigenvalue weighted by molar-refractivity contribution is -0.140. The molecule has 27 heavy (non-hydrogen) atoms. The van der Waals surface area contributed by atoms with Gasteiger partial charge in [-0.05, 0) is 37.1 Å². The highest BCUT2D eigenvalue weighted by atomic mass is 16.5. The molecule has 1 aliphatic carbocycles. The van der Waals surface area contributed by atoms with Gasteiger partial charge in [0.2, 0.25) is 0 Å². The molecule has 1 aliphatic heterocycles.